The van der Waals surface area contributed by atoms with Crippen LogP contribution in [0.3, 0.4) is 0 Å². The molecule has 2 aliphatic rings. The predicted molar refractivity (Wildman–Crippen MR) is 99.0 cm³/mol. The van der Waals surface area contributed by atoms with Gasteiger partial charge in [0.1, 0.15) is 5.82 Å². The van der Waals surface area contributed by atoms with Crippen molar-refractivity contribution in [2.24, 2.45) is 5.92 Å². The lowest BCUT2D eigenvalue weighted by atomic mass is 10.1. The summed E-state index contributed by atoms with van der Waals surface area (Å²) in [5.74, 6) is -1.32. The molecule has 1 aliphatic carbocycles. The van der Waals surface area contributed by atoms with E-state index in [-0.39, 0.29) is 29.8 Å². The molecule has 0 saturated carbocycles. The van der Waals surface area contributed by atoms with E-state index in [0.29, 0.717) is 5.69 Å². The fourth-order valence-electron chi connectivity index (χ4n) is 3.68. The van der Waals surface area contributed by atoms with Gasteiger partial charge in [0.15, 0.2) is 0 Å². The van der Waals surface area contributed by atoms with Crippen molar-refractivity contribution in [3.8, 4) is 0 Å². The van der Waals surface area contributed by atoms with E-state index in [1.54, 1.807) is 0 Å². The Morgan fingerprint density at radius 2 is 1.96 bits per heavy atom. The Kier molecular flexibility index (Phi) is 4.41. The van der Waals surface area contributed by atoms with Crippen LogP contribution in [0.2, 0.25) is 5.02 Å². The van der Waals surface area contributed by atoms with E-state index in [9.17, 15) is 14.0 Å². The van der Waals surface area contributed by atoms with Gasteiger partial charge in [-0.25, -0.2) is 4.39 Å². The van der Waals surface area contributed by atoms with E-state index in [1.807, 2.05) is 12.1 Å². The minimum atomic E-state index is -0.534. The van der Waals surface area contributed by atoms with Gasteiger partial charge in [-0.05, 0) is 60.7 Å². The normalized spacial score (nSPS) is 18.9. The fraction of sp³-hybridized carbons (Fsp3) is 0.300. The van der Waals surface area contributed by atoms with Crippen LogP contribution in [0.25, 0.3) is 0 Å². The zero-order valence-corrected chi connectivity index (χ0v) is 14.9. The molecule has 0 aromatic heterocycles. The summed E-state index contributed by atoms with van der Waals surface area (Å²) in [6.07, 6.45) is 3.42. The summed E-state index contributed by atoms with van der Waals surface area (Å²) in [5, 5.41) is 2.88. The van der Waals surface area contributed by atoms with Gasteiger partial charge >= 0.3 is 0 Å². The number of nitrogens with one attached hydrogen (secondary N) is 1. The van der Waals surface area contributed by atoms with Gasteiger partial charge in [-0.1, -0.05) is 17.7 Å². The molecule has 2 amide bonds. The van der Waals surface area contributed by atoms with Crippen LogP contribution in [0.15, 0.2) is 36.4 Å². The summed E-state index contributed by atoms with van der Waals surface area (Å²) in [6, 6.07) is 10.1. The fourth-order valence-corrected chi connectivity index (χ4v) is 3.85. The van der Waals surface area contributed by atoms with Crippen molar-refractivity contribution in [1.29, 1.82) is 0 Å². The van der Waals surface area contributed by atoms with Gasteiger partial charge in [0, 0.05) is 24.3 Å². The second-order valence-corrected chi connectivity index (χ2v) is 7.24. The molecule has 134 valence electrons. The molecule has 4 rings (SSSR count). The van der Waals surface area contributed by atoms with Crippen LogP contribution in [0.1, 0.15) is 24.0 Å². The summed E-state index contributed by atoms with van der Waals surface area (Å²) < 4.78 is 13.3. The van der Waals surface area contributed by atoms with Crippen molar-refractivity contribution >= 4 is 34.8 Å². The van der Waals surface area contributed by atoms with Gasteiger partial charge in [0.05, 0.1) is 10.9 Å². The van der Waals surface area contributed by atoms with Gasteiger partial charge in [0.2, 0.25) is 11.8 Å². The molecular formula is C20H18ClFN2O2. The molecule has 26 heavy (non-hydrogen) atoms. The van der Waals surface area contributed by atoms with Crippen molar-refractivity contribution in [3.05, 3.63) is 58.4 Å². The molecule has 1 atom stereocenters. The van der Waals surface area contributed by atoms with Crippen LogP contribution >= 0.6 is 11.6 Å². The Morgan fingerprint density at radius 3 is 2.77 bits per heavy atom. The van der Waals surface area contributed by atoms with Gasteiger partial charge in [-0.3, -0.25) is 9.59 Å². The third-order valence-electron chi connectivity index (χ3n) is 5.08. The van der Waals surface area contributed by atoms with Crippen molar-refractivity contribution in [2.45, 2.75) is 25.7 Å². The van der Waals surface area contributed by atoms with E-state index in [1.165, 1.54) is 34.2 Å². The first-order valence-corrected chi connectivity index (χ1v) is 9.07. The summed E-state index contributed by atoms with van der Waals surface area (Å²) >= 11 is 5.80. The number of fused-ring (bicyclic) bond motifs is 1. The van der Waals surface area contributed by atoms with Crippen LogP contribution < -0.4 is 10.2 Å². The Balaban J connectivity index is 1.46. The largest absolute Gasteiger partial charge is 0.326 e. The number of amides is 2. The lowest BCUT2D eigenvalue weighted by molar-refractivity contribution is -0.122. The van der Waals surface area contributed by atoms with Crippen LogP contribution in [-0.4, -0.2) is 18.4 Å². The highest BCUT2D eigenvalue weighted by Gasteiger charge is 2.35. The van der Waals surface area contributed by atoms with Gasteiger partial charge in [-0.15, -0.1) is 0 Å². The van der Waals surface area contributed by atoms with Crippen LogP contribution in [0.4, 0.5) is 15.8 Å². The molecule has 2 aromatic rings. The first-order chi connectivity index (χ1) is 12.5. The quantitative estimate of drug-likeness (QED) is 0.886. The average molecular weight is 373 g/mol. The highest BCUT2D eigenvalue weighted by Crippen LogP contribution is 2.30. The smallest absolute Gasteiger partial charge is 0.229 e. The maximum Gasteiger partial charge on any atom is 0.229 e. The number of hydrogen-bond donors (Lipinski definition) is 1. The number of rotatable bonds is 3. The SMILES string of the molecule is O=C(Nc1ccc2c(c1)CCC2)C1CC(=O)N(c2ccc(F)c(Cl)c2)C1. The molecule has 6 heteroatoms. The molecular weight excluding hydrogens is 355 g/mol. The lowest BCUT2D eigenvalue weighted by Crippen LogP contribution is -2.28. The first-order valence-electron chi connectivity index (χ1n) is 8.69. The van der Waals surface area contributed by atoms with Crippen LogP contribution in [0, 0.1) is 11.7 Å². The van der Waals surface area contributed by atoms with Crippen LogP contribution in [-0.2, 0) is 22.4 Å². The van der Waals surface area contributed by atoms with E-state index >= 15 is 0 Å². The molecule has 4 nitrogen and oxygen atoms in total. The third-order valence-corrected chi connectivity index (χ3v) is 5.37. The maximum absolute atomic E-state index is 13.3. The Hall–Kier alpha value is -2.40. The number of aryl methyl sites for hydroxylation is 2. The minimum absolute atomic E-state index is 0.0404. The monoisotopic (exact) mass is 372 g/mol. The summed E-state index contributed by atoms with van der Waals surface area (Å²) in [4.78, 5) is 26.4. The third kappa shape index (κ3) is 3.19. The Morgan fingerprint density at radius 1 is 1.15 bits per heavy atom. The number of nitrogens with zero attached hydrogens (tertiary/aromatic N) is 1. The molecule has 1 saturated heterocycles. The molecule has 0 spiro atoms. The first kappa shape index (κ1) is 17.0. The predicted octanol–water partition coefficient (Wildman–Crippen LogP) is 3.96. The van der Waals surface area contributed by atoms with Gasteiger partial charge < -0.3 is 10.2 Å². The summed E-state index contributed by atoms with van der Waals surface area (Å²) in [6.45, 7) is 0.261. The van der Waals surface area contributed by atoms with Crippen molar-refractivity contribution in [2.75, 3.05) is 16.8 Å². The summed E-state index contributed by atoms with van der Waals surface area (Å²) in [5.41, 5.74) is 3.91. The number of carbonyl (C=O) groups is 2. The average Bonchev–Trinajstić information content (AvgIpc) is 3.23. The Bertz CT molecular complexity index is 899. The van der Waals surface area contributed by atoms with Gasteiger partial charge in [0.25, 0.3) is 0 Å². The topological polar surface area (TPSA) is 49.4 Å². The second kappa shape index (κ2) is 6.72. The molecule has 1 fully saturated rings. The van der Waals surface area contributed by atoms with E-state index < -0.39 is 11.7 Å². The number of benzene rings is 2. The maximum atomic E-state index is 13.3. The molecule has 1 aliphatic heterocycles. The molecule has 2 aromatic carbocycles. The second-order valence-electron chi connectivity index (χ2n) is 6.83. The highest BCUT2D eigenvalue weighted by atomic mass is 35.5. The van der Waals surface area contributed by atoms with E-state index in [0.717, 1.165) is 24.9 Å². The number of halogens is 2. The zero-order valence-electron chi connectivity index (χ0n) is 14.1. The Labute approximate surface area is 155 Å². The van der Waals surface area contributed by atoms with E-state index in [4.69, 9.17) is 11.6 Å². The molecule has 1 heterocycles. The van der Waals surface area contributed by atoms with Crippen molar-refractivity contribution in [3.63, 3.8) is 0 Å². The molecule has 0 radical (unpaired) electrons. The number of carbonyl (C=O) groups excluding carboxylic acids is 2. The molecule has 0 bridgehead atoms. The minimum Gasteiger partial charge on any atom is -0.326 e. The summed E-state index contributed by atoms with van der Waals surface area (Å²) in [7, 11) is 0. The van der Waals surface area contributed by atoms with Crippen molar-refractivity contribution in [1.82, 2.24) is 0 Å². The number of anilines is 2. The lowest BCUT2D eigenvalue weighted by Gasteiger charge is -2.17. The molecule has 1 unspecified atom stereocenters. The number of hydrogen-bond acceptors (Lipinski definition) is 2. The highest BCUT2D eigenvalue weighted by molar-refractivity contribution is 6.31. The molecule has 1 N–H and O–H groups in total. The van der Waals surface area contributed by atoms with E-state index in [2.05, 4.69) is 11.4 Å². The van der Waals surface area contributed by atoms with Gasteiger partial charge in [-0.2, -0.15) is 0 Å². The standard InChI is InChI=1S/C20H18ClFN2O2/c21-17-10-16(6-7-18(17)22)24-11-14(9-19(24)25)20(26)23-15-5-4-12-2-1-3-13(12)8-15/h4-8,10,14H,1-3,9,11H2,(H,23,26). The van der Waals surface area contributed by atoms with Crippen LogP contribution in [0.5, 0.6) is 0 Å². The van der Waals surface area contributed by atoms with Crippen molar-refractivity contribution < 1.29 is 14.0 Å². The zero-order chi connectivity index (χ0) is 18.3.